The van der Waals surface area contributed by atoms with E-state index in [1.54, 1.807) is 0 Å². The number of rotatable bonds is 8. The lowest BCUT2D eigenvalue weighted by molar-refractivity contribution is 0.155. The van der Waals surface area contributed by atoms with Crippen LogP contribution in [0.3, 0.4) is 0 Å². The third-order valence-electron chi connectivity index (χ3n) is 7.34. The zero-order valence-electron chi connectivity index (χ0n) is 22.2. The van der Waals surface area contributed by atoms with Crippen LogP contribution in [0.4, 0.5) is 4.79 Å². The molecule has 0 saturated carbocycles. The summed E-state index contributed by atoms with van der Waals surface area (Å²) >= 11 is 0. The number of hydrogen-bond acceptors (Lipinski definition) is 5. The summed E-state index contributed by atoms with van der Waals surface area (Å²) < 4.78 is 14.1. The second-order valence-corrected chi connectivity index (χ2v) is 10.0. The van der Waals surface area contributed by atoms with Crippen molar-refractivity contribution < 1.29 is 19.4 Å². The van der Waals surface area contributed by atoms with Crippen LogP contribution >= 0.6 is 0 Å². The predicted octanol–water partition coefficient (Wildman–Crippen LogP) is 6.26. The Labute approximate surface area is 232 Å². The molecule has 5 aromatic rings. The van der Waals surface area contributed by atoms with E-state index < -0.39 is 6.09 Å². The van der Waals surface area contributed by atoms with Crippen molar-refractivity contribution in [1.82, 2.24) is 19.7 Å². The quantitative estimate of drug-likeness (QED) is 0.253. The molecule has 0 bridgehead atoms. The fraction of sp³-hybridized carbons (Fsp3) is 0.219. The first kappa shape index (κ1) is 25.4. The van der Waals surface area contributed by atoms with Gasteiger partial charge in [0, 0.05) is 37.5 Å². The van der Waals surface area contributed by atoms with Crippen LogP contribution in [-0.4, -0.2) is 44.0 Å². The number of fused-ring (bicyclic) bond motifs is 1. The van der Waals surface area contributed by atoms with Gasteiger partial charge in [-0.1, -0.05) is 72.8 Å². The average molecular weight is 535 g/mol. The van der Waals surface area contributed by atoms with E-state index >= 15 is 0 Å². The van der Waals surface area contributed by atoms with Gasteiger partial charge in [0.15, 0.2) is 0 Å². The van der Waals surface area contributed by atoms with Crippen LogP contribution in [-0.2, 0) is 20.3 Å². The molecule has 202 valence electrons. The monoisotopic (exact) mass is 534 g/mol. The Balaban J connectivity index is 1.32. The molecule has 0 spiro atoms. The first-order valence-corrected chi connectivity index (χ1v) is 13.3. The number of nitrogens with zero attached hydrogens (tertiary/aromatic N) is 4. The van der Waals surface area contributed by atoms with E-state index in [0.717, 1.165) is 45.3 Å². The van der Waals surface area contributed by atoms with Crippen LogP contribution < -0.4 is 9.47 Å². The van der Waals surface area contributed by atoms with Crippen LogP contribution in [0.5, 0.6) is 11.8 Å². The number of hydrogen-bond donors (Lipinski definition) is 1. The summed E-state index contributed by atoms with van der Waals surface area (Å²) in [5, 5.41) is 15.2. The Kier molecular flexibility index (Phi) is 7.06. The summed E-state index contributed by atoms with van der Waals surface area (Å²) in [7, 11) is 1.92. The molecule has 1 aliphatic rings. The van der Waals surface area contributed by atoms with Gasteiger partial charge in [-0.25, -0.2) is 4.79 Å². The highest BCUT2D eigenvalue weighted by atomic mass is 16.5. The van der Waals surface area contributed by atoms with Crippen molar-refractivity contribution in [2.45, 2.75) is 25.6 Å². The van der Waals surface area contributed by atoms with Gasteiger partial charge in [-0.3, -0.25) is 4.68 Å². The van der Waals surface area contributed by atoms with E-state index in [2.05, 4.69) is 18.2 Å². The van der Waals surface area contributed by atoms with E-state index in [-0.39, 0.29) is 5.92 Å². The minimum Gasteiger partial charge on any atom is -0.473 e. The van der Waals surface area contributed by atoms with Gasteiger partial charge in [-0.15, -0.1) is 0 Å². The van der Waals surface area contributed by atoms with Gasteiger partial charge in [0.2, 0.25) is 11.8 Å². The Morgan fingerprint density at radius 3 is 2.30 bits per heavy atom. The fourth-order valence-electron chi connectivity index (χ4n) is 5.18. The maximum absolute atomic E-state index is 11.4. The average Bonchev–Trinajstić information content (AvgIpc) is 3.61. The van der Waals surface area contributed by atoms with Gasteiger partial charge >= 0.3 is 6.09 Å². The molecule has 0 unspecified atom stereocenters. The molecule has 1 fully saturated rings. The molecule has 0 aliphatic carbocycles. The van der Waals surface area contributed by atoms with Crippen LogP contribution in [0.1, 0.15) is 29.0 Å². The molecule has 1 saturated heterocycles. The summed E-state index contributed by atoms with van der Waals surface area (Å²) in [4.78, 5) is 17.6. The number of benzene rings is 3. The molecule has 1 N–H and O–H groups in total. The molecule has 6 rings (SSSR count). The number of likely N-dealkylation sites (tertiary alicyclic amines) is 1. The lowest BCUT2D eigenvalue weighted by atomic mass is 9.96. The summed E-state index contributed by atoms with van der Waals surface area (Å²) in [6, 6.07) is 30.0. The number of carboxylic acid groups (broad SMARTS) is 1. The molecule has 1 atom stereocenters. The number of aromatic nitrogens is 3. The molecule has 1 amide bonds. The zero-order chi connectivity index (χ0) is 27.5. The van der Waals surface area contributed by atoms with Crippen LogP contribution in [0.25, 0.3) is 22.2 Å². The molecule has 2 aromatic heterocycles. The lowest BCUT2D eigenvalue weighted by Crippen LogP contribution is -2.26. The Morgan fingerprint density at radius 2 is 1.62 bits per heavy atom. The SMILES string of the molecule is Cn1nc(-c2ccc(OCc3ccccc3)nc2OCc2ccccc2)c2ccc([C@H]3CCN(C(=O)O)C3)cc21. The van der Waals surface area contributed by atoms with E-state index in [1.165, 1.54) is 4.90 Å². The van der Waals surface area contributed by atoms with Crippen molar-refractivity contribution in [3.8, 4) is 23.0 Å². The van der Waals surface area contributed by atoms with Crippen molar-refractivity contribution >= 4 is 17.0 Å². The number of carbonyl (C=O) groups is 1. The Morgan fingerprint density at radius 1 is 0.925 bits per heavy atom. The third kappa shape index (κ3) is 5.33. The van der Waals surface area contributed by atoms with Gasteiger partial charge < -0.3 is 19.5 Å². The third-order valence-corrected chi connectivity index (χ3v) is 7.34. The zero-order valence-corrected chi connectivity index (χ0v) is 22.2. The second-order valence-electron chi connectivity index (χ2n) is 10.0. The maximum Gasteiger partial charge on any atom is 0.407 e. The smallest absolute Gasteiger partial charge is 0.407 e. The number of pyridine rings is 1. The highest BCUT2D eigenvalue weighted by Crippen LogP contribution is 2.37. The second kappa shape index (κ2) is 11.1. The van der Waals surface area contributed by atoms with Gasteiger partial charge in [0.05, 0.1) is 11.1 Å². The summed E-state index contributed by atoms with van der Waals surface area (Å²) in [5.41, 5.74) is 5.73. The molecule has 0 radical (unpaired) electrons. The van der Waals surface area contributed by atoms with E-state index in [0.29, 0.717) is 38.1 Å². The number of aryl methyl sites for hydroxylation is 1. The Bertz CT molecular complexity index is 1640. The molecule has 3 heterocycles. The molecular weight excluding hydrogens is 504 g/mol. The van der Waals surface area contributed by atoms with Crippen LogP contribution in [0, 0.1) is 0 Å². The van der Waals surface area contributed by atoms with Crippen molar-refractivity contribution in [2.24, 2.45) is 7.05 Å². The van der Waals surface area contributed by atoms with Crippen molar-refractivity contribution in [3.63, 3.8) is 0 Å². The summed E-state index contributed by atoms with van der Waals surface area (Å²) in [6.45, 7) is 1.83. The molecule has 1 aliphatic heterocycles. The van der Waals surface area contributed by atoms with Gasteiger partial charge in [-0.05, 0) is 35.2 Å². The lowest BCUT2D eigenvalue weighted by Gasteiger charge is -2.13. The van der Waals surface area contributed by atoms with Gasteiger partial charge in [-0.2, -0.15) is 10.1 Å². The van der Waals surface area contributed by atoms with Gasteiger partial charge in [0.1, 0.15) is 18.9 Å². The minimum atomic E-state index is -0.863. The predicted molar refractivity (Wildman–Crippen MR) is 152 cm³/mol. The molecule has 40 heavy (non-hydrogen) atoms. The largest absolute Gasteiger partial charge is 0.473 e. The normalized spacial score (nSPS) is 14.9. The van der Waals surface area contributed by atoms with E-state index in [9.17, 15) is 9.90 Å². The van der Waals surface area contributed by atoms with Gasteiger partial charge in [0.25, 0.3) is 0 Å². The van der Waals surface area contributed by atoms with E-state index in [1.807, 2.05) is 84.5 Å². The minimum absolute atomic E-state index is 0.173. The summed E-state index contributed by atoms with van der Waals surface area (Å²) in [6.07, 6.45) is -0.0490. The van der Waals surface area contributed by atoms with E-state index in [4.69, 9.17) is 19.6 Å². The number of ether oxygens (including phenoxy) is 2. The first-order valence-electron chi connectivity index (χ1n) is 13.3. The van der Waals surface area contributed by atoms with Crippen LogP contribution in [0.15, 0.2) is 91.0 Å². The fourth-order valence-corrected chi connectivity index (χ4v) is 5.18. The summed E-state index contributed by atoms with van der Waals surface area (Å²) in [5.74, 6) is 1.10. The molecule has 8 heteroatoms. The number of amides is 1. The van der Waals surface area contributed by atoms with Crippen LogP contribution in [0.2, 0.25) is 0 Å². The molecular formula is C32H30N4O4. The standard InChI is InChI=1S/C32H30N4O4/c1-35-28-18-24(25-16-17-36(19-25)32(37)38)12-13-26(28)30(34-35)27-14-15-29(39-20-22-8-4-2-5-9-22)33-31(27)40-21-23-10-6-3-7-11-23/h2-15,18,25H,16-17,19-21H2,1H3,(H,37,38)/t25-/m0/s1. The van der Waals surface area contributed by atoms with Crippen molar-refractivity contribution in [3.05, 3.63) is 108 Å². The highest BCUT2D eigenvalue weighted by Gasteiger charge is 2.28. The van der Waals surface area contributed by atoms with Crippen molar-refractivity contribution in [2.75, 3.05) is 13.1 Å². The van der Waals surface area contributed by atoms with Crippen molar-refractivity contribution in [1.29, 1.82) is 0 Å². The molecule has 3 aromatic carbocycles. The molecule has 8 nitrogen and oxygen atoms in total. The Hall–Kier alpha value is -4.85. The maximum atomic E-state index is 11.4. The highest BCUT2D eigenvalue weighted by molar-refractivity contribution is 5.95. The first-order chi connectivity index (χ1) is 19.5. The topological polar surface area (TPSA) is 89.7 Å².